The quantitative estimate of drug-likeness (QED) is 0.583. The summed E-state index contributed by atoms with van der Waals surface area (Å²) < 4.78 is 21.9. The first-order valence-corrected chi connectivity index (χ1v) is 10.1. The average Bonchev–Trinajstić information content (AvgIpc) is 3.21. The van der Waals surface area contributed by atoms with Crippen LogP contribution in [0.25, 0.3) is 0 Å². The second kappa shape index (κ2) is 11.2. The molecular weight excluding hydrogens is 374 g/mol. The van der Waals surface area contributed by atoms with Crippen LogP contribution in [0.15, 0.2) is 28.8 Å². The molecule has 8 heteroatoms. The van der Waals surface area contributed by atoms with Crippen molar-refractivity contribution in [2.45, 2.75) is 32.5 Å². The van der Waals surface area contributed by atoms with Crippen molar-refractivity contribution in [1.82, 2.24) is 15.4 Å². The van der Waals surface area contributed by atoms with Gasteiger partial charge in [-0.15, -0.1) is 0 Å². The number of aliphatic hydroxyl groups is 1. The number of hydrogen-bond acceptors (Lipinski definition) is 8. The lowest BCUT2D eigenvalue weighted by Gasteiger charge is -2.28. The number of β-amino-alcohol motifs (C(OH)–C–C–N with tert-alkyl or cyclic N) is 1. The Morgan fingerprint density at radius 3 is 2.76 bits per heavy atom. The molecule has 160 valence electrons. The molecule has 0 radical (unpaired) electrons. The van der Waals surface area contributed by atoms with Gasteiger partial charge in [-0.05, 0) is 24.1 Å². The van der Waals surface area contributed by atoms with Crippen LogP contribution in [0.5, 0.6) is 11.5 Å². The Labute approximate surface area is 171 Å². The van der Waals surface area contributed by atoms with Gasteiger partial charge >= 0.3 is 0 Å². The fourth-order valence-corrected chi connectivity index (χ4v) is 3.20. The summed E-state index contributed by atoms with van der Waals surface area (Å²) in [4.78, 5) is 2.18. The summed E-state index contributed by atoms with van der Waals surface area (Å²) in [5.74, 6) is 2.10. The molecule has 1 aromatic heterocycles. The Morgan fingerprint density at radius 1 is 1.21 bits per heavy atom. The number of methoxy groups -OCH3 is 1. The number of aromatic nitrogens is 1. The molecule has 0 aliphatic carbocycles. The van der Waals surface area contributed by atoms with Crippen LogP contribution in [0.4, 0.5) is 0 Å². The number of hydrogen-bond donors (Lipinski definition) is 2. The zero-order valence-electron chi connectivity index (χ0n) is 17.2. The molecule has 1 aromatic carbocycles. The van der Waals surface area contributed by atoms with Crippen molar-refractivity contribution in [3.63, 3.8) is 0 Å². The Bertz CT molecular complexity index is 746. The Balaban J connectivity index is 1.46. The number of nitrogens with zero attached hydrogens (tertiary/aromatic N) is 2. The van der Waals surface area contributed by atoms with E-state index < -0.39 is 6.10 Å². The lowest BCUT2D eigenvalue weighted by Crippen LogP contribution is -2.42. The lowest BCUT2D eigenvalue weighted by atomic mass is 10.2. The second-order valence-corrected chi connectivity index (χ2v) is 7.10. The molecule has 2 N–H and O–H groups in total. The normalized spacial score (nSPS) is 16.0. The molecule has 0 amide bonds. The molecule has 1 saturated heterocycles. The minimum Gasteiger partial charge on any atom is -0.493 e. The fraction of sp³-hybridized carbons (Fsp3) is 0.571. The van der Waals surface area contributed by atoms with Gasteiger partial charge in [-0.3, -0.25) is 4.90 Å². The van der Waals surface area contributed by atoms with Gasteiger partial charge in [0, 0.05) is 32.2 Å². The number of morpholine rings is 1. The zero-order valence-corrected chi connectivity index (χ0v) is 17.2. The van der Waals surface area contributed by atoms with Crippen molar-refractivity contribution in [1.29, 1.82) is 0 Å². The third kappa shape index (κ3) is 6.71. The fourth-order valence-electron chi connectivity index (χ4n) is 3.20. The highest BCUT2D eigenvalue weighted by Gasteiger charge is 2.16. The lowest BCUT2D eigenvalue weighted by molar-refractivity contribution is 0.00445. The van der Waals surface area contributed by atoms with Gasteiger partial charge in [0.25, 0.3) is 0 Å². The van der Waals surface area contributed by atoms with E-state index in [2.05, 4.69) is 15.4 Å². The predicted molar refractivity (Wildman–Crippen MR) is 108 cm³/mol. The van der Waals surface area contributed by atoms with E-state index in [1.807, 2.05) is 31.2 Å². The highest BCUT2D eigenvalue weighted by molar-refractivity contribution is 5.43. The van der Waals surface area contributed by atoms with Crippen molar-refractivity contribution in [2.24, 2.45) is 0 Å². The summed E-state index contributed by atoms with van der Waals surface area (Å²) in [5.41, 5.74) is 2.03. The van der Waals surface area contributed by atoms with Crippen LogP contribution in [-0.4, -0.2) is 67.8 Å². The molecule has 1 atom stereocenters. The average molecular weight is 405 g/mol. The first-order chi connectivity index (χ1) is 14.2. The highest BCUT2D eigenvalue weighted by Crippen LogP contribution is 2.28. The van der Waals surface area contributed by atoms with Crippen LogP contribution in [0.2, 0.25) is 0 Å². The minimum absolute atomic E-state index is 0.219. The van der Waals surface area contributed by atoms with E-state index in [4.69, 9.17) is 18.7 Å². The standard InChI is InChI=1S/C21H31N3O5/c1-3-17-11-19(29-23-17)13-22-12-16-4-5-20(21(10-16)26-2)28-15-18(25)14-24-6-8-27-9-7-24/h4-5,10-11,18,22,25H,3,6-9,12-15H2,1-2H3/t18-/m0/s1. The third-order valence-electron chi connectivity index (χ3n) is 4.83. The van der Waals surface area contributed by atoms with Crippen molar-refractivity contribution in [3.8, 4) is 11.5 Å². The summed E-state index contributed by atoms with van der Waals surface area (Å²) in [7, 11) is 1.62. The number of nitrogens with one attached hydrogen (secondary N) is 1. The first-order valence-electron chi connectivity index (χ1n) is 10.1. The van der Waals surface area contributed by atoms with E-state index in [-0.39, 0.29) is 6.61 Å². The number of benzene rings is 1. The molecule has 2 aromatic rings. The predicted octanol–water partition coefficient (Wildman–Crippen LogP) is 1.61. The number of aryl methyl sites for hydroxylation is 1. The van der Waals surface area contributed by atoms with E-state index in [1.54, 1.807) is 7.11 Å². The molecule has 0 spiro atoms. The molecule has 3 rings (SSSR count). The smallest absolute Gasteiger partial charge is 0.161 e. The first kappa shape index (κ1) is 21.6. The van der Waals surface area contributed by atoms with Gasteiger partial charge in [0.05, 0.1) is 32.6 Å². The minimum atomic E-state index is -0.561. The Hall–Kier alpha value is -2.13. The summed E-state index contributed by atoms with van der Waals surface area (Å²) in [6.07, 6.45) is 0.303. The second-order valence-electron chi connectivity index (χ2n) is 7.10. The topological polar surface area (TPSA) is 89.2 Å². The van der Waals surface area contributed by atoms with Gasteiger partial charge in [0.2, 0.25) is 0 Å². The van der Waals surface area contributed by atoms with E-state index in [0.717, 1.165) is 36.5 Å². The molecule has 2 heterocycles. The molecule has 1 aliphatic rings. The number of rotatable bonds is 11. The van der Waals surface area contributed by atoms with Crippen LogP contribution in [0, 0.1) is 0 Å². The molecule has 29 heavy (non-hydrogen) atoms. The molecular formula is C21H31N3O5. The van der Waals surface area contributed by atoms with Crippen molar-refractivity contribution in [2.75, 3.05) is 46.6 Å². The van der Waals surface area contributed by atoms with Gasteiger partial charge < -0.3 is 29.2 Å². The van der Waals surface area contributed by atoms with Gasteiger partial charge in [-0.1, -0.05) is 18.1 Å². The largest absolute Gasteiger partial charge is 0.493 e. The SMILES string of the molecule is CCc1cc(CNCc2ccc(OC[C@@H](O)CN3CCOCC3)c(OC)c2)on1. The molecule has 1 aliphatic heterocycles. The molecule has 8 nitrogen and oxygen atoms in total. The van der Waals surface area contributed by atoms with Gasteiger partial charge in [0.1, 0.15) is 12.7 Å². The summed E-state index contributed by atoms with van der Waals surface area (Å²) >= 11 is 0. The van der Waals surface area contributed by atoms with E-state index >= 15 is 0 Å². The van der Waals surface area contributed by atoms with E-state index in [1.165, 1.54) is 0 Å². The van der Waals surface area contributed by atoms with E-state index in [0.29, 0.717) is 44.3 Å². The maximum atomic E-state index is 10.3. The highest BCUT2D eigenvalue weighted by atomic mass is 16.5. The van der Waals surface area contributed by atoms with Crippen LogP contribution < -0.4 is 14.8 Å². The summed E-state index contributed by atoms with van der Waals surface area (Å²) in [5, 5.41) is 17.6. The van der Waals surface area contributed by atoms with Crippen molar-refractivity contribution in [3.05, 3.63) is 41.3 Å². The number of aliphatic hydroxyl groups excluding tert-OH is 1. The van der Waals surface area contributed by atoms with Crippen LogP contribution in [-0.2, 0) is 24.2 Å². The van der Waals surface area contributed by atoms with Crippen LogP contribution in [0.3, 0.4) is 0 Å². The van der Waals surface area contributed by atoms with Crippen molar-refractivity contribution >= 4 is 0 Å². The van der Waals surface area contributed by atoms with E-state index in [9.17, 15) is 5.11 Å². The van der Waals surface area contributed by atoms with Crippen molar-refractivity contribution < 1.29 is 23.8 Å². The molecule has 0 unspecified atom stereocenters. The Morgan fingerprint density at radius 2 is 2.03 bits per heavy atom. The van der Waals surface area contributed by atoms with Gasteiger partial charge in [-0.2, -0.15) is 0 Å². The summed E-state index contributed by atoms with van der Waals surface area (Å²) in [6.45, 7) is 7.24. The molecule has 0 saturated carbocycles. The number of ether oxygens (including phenoxy) is 3. The Kier molecular flexibility index (Phi) is 8.30. The zero-order chi connectivity index (χ0) is 20.5. The summed E-state index contributed by atoms with van der Waals surface area (Å²) in [6, 6.07) is 7.76. The molecule has 0 bridgehead atoms. The van der Waals surface area contributed by atoms with Crippen LogP contribution >= 0.6 is 0 Å². The third-order valence-corrected chi connectivity index (χ3v) is 4.83. The van der Waals surface area contributed by atoms with Gasteiger partial charge in [0.15, 0.2) is 17.3 Å². The maximum Gasteiger partial charge on any atom is 0.161 e. The molecule has 1 fully saturated rings. The maximum absolute atomic E-state index is 10.3. The van der Waals surface area contributed by atoms with Crippen LogP contribution in [0.1, 0.15) is 23.9 Å². The van der Waals surface area contributed by atoms with Gasteiger partial charge in [-0.25, -0.2) is 0 Å². The monoisotopic (exact) mass is 405 g/mol.